The number of carbonyl (C=O) groups is 1. The highest BCUT2D eigenvalue weighted by molar-refractivity contribution is 5.69. The fraction of sp³-hybridized carbons (Fsp3) is 0.643. The van der Waals surface area contributed by atoms with Crippen LogP contribution in [0, 0.1) is 6.92 Å². The summed E-state index contributed by atoms with van der Waals surface area (Å²) < 4.78 is 4.89. The molecule has 1 aromatic heterocycles. The third kappa shape index (κ3) is 4.68. The van der Waals surface area contributed by atoms with Crippen molar-refractivity contribution in [3.63, 3.8) is 0 Å². The summed E-state index contributed by atoms with van der Waals surface area (Å²) in [6.45, 7) is 6.92. The van der Waals surface area contributed by atoms with E-state index < -0.39 is 0 Å². The molecule has 0 atom stereocenters. The van der Waals surface area contributed by atoms with Crippen LogP contribution in [0.3, 0.4) is 0 Å². The van der Waals surface area contributed by atoms with Crippen molar-refractivity contribution < 1.29 is 9.53 Å². The number of anilines is 2. The third-order valence-electron chi connectivity index (χ3n) is 2.90. The van der Waals surface area contributed by atoms with E-state index in [0.29, 0.717) is 19.6 Å². The van der Waals surface area contributed by atoms with Crippen molar-refractivity contribution in [3.8, 4) is 0 Å². The minimum absolute atomic E-state index is 0.154. The molecule has 1 rings (SSSR count). The number of hydrogen-bond acceptors (Lipinski definition) is 6. The smallest absolute Gasteiger partial charge is 0.305 e. The van der Waals surface area contributed by atoms with Gasteiger partial charge in [0.15, 0.2) is 0 Å². The molecule has 0 spiro atoms. The van der Waals surface area contributed by atoms with Gasteiger partial charge in [0, 0.05) is 32.0 Å². The first-order valence-corrected chi connectivity index (χ1v) is 7.07. The van der Waals surface area contributed by atoms with Crippen molar-refractivity contribution in [2.45, 2.75) is 40.0 Å². The molecule has 6 nitrogen and oxygen atoms in total. The van der Waals surface area contributed by atoms with E-state index in [9.17, 15) is 4.79 Å². The number of ether oxygens (including phenoxy) is 1. The standard InChI is InChI=1S/C14H24N4O2/c1-5-11-17-13(15-4)10(3)14(18-11)16-9-7-8-12(19)20-6-2/h5-9H2,1-4H3,(H2,15,16,17,18). The van der Waals surface area contributed by atoms with Crippen LogP contribution in [0.2, 0.25) is 0 Å². The Morgan fingerprint density at radius 1 is 1.25 bits per heavy atom. The Morgan fingerprint density at radius 2 is 1.95 bits per heavy atom. The largest absolute Gasteiger partial charge is 0.466 e. The number of esters is 1. The second-order valence-corrected chi connectivity index (χ2v) is 4.40. The van der Waals surface area contributed by atoms with Crippen LogP contribution in [0.25, 0.3) is 0 Å². The van der Waals surface area contributed by atoms with Gasteiger partial charge in [-0.05, 0) is 20.3 Å². The van der Waals surface area contributed by atoms with Crippen molar-refractivity contribution in [2.24, 2.45) is 0 Å². The lowest BCUT2D eigenvalue weighted by molar-refractivity contribution is -0.143. The lowest BCUT2D eigenvalue weighted by Gasteiger charge is -2.13. The van der Waals surface area contributed by atoms with Crippen molar-refractivity contribution >= 4 is 17.6 Å². The van der Waals surface area contributed by atoms with Gasteiger partial charge in [0.1, 0.15) is 17.5 Å². The van der Waals surface area contributed by atoms with Gasteiger partial charge < -0.3 is 15.4 Å². The molecule has 0 unspecified atom stereocenters. The molecular weight excluding hydrogens is 256 g/mol. The van der Waals surface area contributed by atoms with Crippen molar-refractivity contribution in [1.82, 2.24) is 9.97 Å². The van der Waals surface area contributed by atoms with Gasteiger partial charge in [-0.25, -0.2) is 9.97 Å². The van der Waals surface area contributed by atoms with Gasteiger partial charge in [-0.15, -0.1) is 0 Å². The zero-order valence-electron chi connectivity index (χ0n) is 12.7. The van der Waals surface area contributed by atoms with Crippen LogP contribution in [0.5, 0.6) is 0 Å². The highest BCUT2D eigenvalue weighted by atomic mass is 16.5. The molecule has 0 aromatic carbocycles. The second-order valence-electron chi connectivity index (χ2n) is 4.40. The SMILES string of the molecule is CCOC(=O)CCCNc1nc(CC)nc(NC)c1C. The lowest BCUT2D eigenvalue weighted by atomic mass is 10.2. The quantitative estimate of drug-likeness (QED) is 0.561. The molecular formula is C14H24N4O2. The van der Waals surface area contributed by atoms with Crippen molar-refractivity contribution in [1.29, 1.82) is 0 Å². The Labute approximate surface area is 120 Å². The monoisotopic (exact) mass is 280 g/mol. The summed E-state index contributed by atoms with van der Waals surface area (Å²) in [7, 11) is 1.85. The van der Waals surface area contributed by atoms with Gasteiger partial charge in [-0.1, -0.05) is 6.92 Å². The van der Waals surface area contributed by atoms with E-state index in [-0.39, 0.29) is 5.97 Å². The molecule has 6 heteroatoms. The van der Waals surface area contributed by atoms with Crippen LogP contribution in [-0.4, -0.2) is 36.1 Å². The number of nitrogens with zero attached hydrogens (tertiary/aromatic N) is 2. The highest BCUT2D eigenvalue weighted by Gasteiger charge is 2.09. The number of nitrogens with one attached hydrogen (secondary N) is 2. The zero-order chi connectivity index (χ0) is 15.0. The summed E-state index contributed by atoms with van der Waals surface area (Å²) in [6, 6.07) is 0. The third-order valence-corrected chi connectivity index (χ3v) is 2.90. The normalized spacial score (nSPS) is 10.2. The molecule has 0 radical (unpaired) electrons. The molecule has 1 heterocycles. The maximum atomic E-state index is 11.2. The van der Waals surface area contributed by atoms with Gasteiger partial charge in [0.2, 0.25) is 0 Å². The Hall–Kier alpha value is -1.85. The van der Waals surface area contributed by atoms with E-state index in [0.717, 1.165) is 35.9 Å². The number of rotatable bonds is 8. The molecule has 0 saturated heterocycles. The Balaban J connectivity index is 2.57. The fourth-order valence-electron chi connectivity index (χ4n) is 1.81. The molecule has 0 bridgehead atoms. The Morgan fingerprint density at radius 3 is 2.55 bits per heavy atom. The van der Waals surface area contributed by atoms with Crippen LogP contribution < -0.4 is 10.6 Å². The Bertz CT molecular complexity index is 449. The van der Waals surface area contributed by atoms with E-state index in [1.807, 2.05) is 27.8 Å². The van der Waals surface area contributed by atoms with Crippen molar-refractivity contribution in [2.75, 3.05) is 30.8 Å². The first kappa shape index (κ1) is 16.2. The van der Waals surface area contributed by atoms with Crippen LogP contribution in [0.15, 0.2) is 0 Å². The second kappa shape index (κ2) is 8.35. The highest BCUT2D eigenvalue weighted by Crippen LogP contribution is 2.19. The summed E-state index contributed by atoms with van der Waals surface area (Å²) in [5, 5.41) is 6.33. The van der Waals surface area contributed by atoms with Gasteiger partial charge in [-0.3, -0.25) is 4.79 Å². The topological polar surface area (TPSA) is 76.1 Å². The molecule has 112 valence electrons. The minimum atomic E-state index is -0.154. The molecule has 20 heavy (non-hydrogen) atoms. The summed E-state index contributed by atoms with van der Waals surface area (Å²) in [5.74, 6) is 2.31. The lowest BCUT2D eigenvalue weighted by Crippen LogP contribution is -2.12. The first-order chi connectivity index (χ1) is 9.62. The maximum absolute atomic E-state index is 11.2. The van der Waals surface area contributed by atoms with E-state index in [2.05, 4.69) is 20.6 Å². The molecule has 0 aliphatic heterocycles. The number of aromatic nitrogens is 2. The van der Waals surface area contributed by atoms with Gasteiger partial charge in [-0.2, -0.15) is 0 Å². The summed E-state index contributed by atoms with van der Waals surface area (Å²) in [4.78, 5) is 20.1. The van der Waals surface area contributed by atoms with Gasteiger partial charge in [0.05, 0.1) is 6.61 Å². The average molecular weight is 280 g/mol. The molecule has 0 aliphatic carbocycles. The molecule has 2 N–H and O–H groups in total. The fourth-order valence-corrected chi connectivity index (χ4v) is 1.81. The summed E-state index contributed by atoms with van der Waals surface area (Å²) in [6.07, 6.45) is 1.93. The van der Waals surface area contributed by atoms with Crippen LogP contribution in [0.4, 0.5) is 11.6 Å². The predicted molar refractivity (Wildman–Crippen MR) is 80.1 cm³/mol. The molecule has 1 aromatic rings. The number of aryl methyl sites for hydroxylation is 1. The van der Waals surface area contributed by atoms with Crippen LogP contribution >= 0.6 is 0 Å². The van der Waals surface area contributed by atoms with E-state index in [4.69, 9.17) is 4.74 Å². The Kier molecular flexibility index (Phi) is 6.76. The molecule has 0 aliphatic rings. The maximum Gasteiger partial charge on any atom is 0.305 e. The predicted octanol–water partition coefficient (Wildman–Crippen LogP) is 2.14. The van der Waals surface area contributed by atoms with Gasteiger partial charge >= 0.3 is 5.97 Å². The first-order valence-electron chi connectivity index (χ1n) is 7.07. The van der Waals surface area contributed by atoms with E-state index in [1.54, 1.807) is 0 Å². The summed E-state index contributed by atoms with van der Waals surface area (Å²) in [5.41, 5.74) is 0.987. The average Bonchev–Trinajstić information content (AvgIpc) is 2.45. The molecule has 0 fully saturated rings. The van der Waals surface area contributed by atoms with Gasteiger partial charge in [0.25, 0.3) is 0 Å². The minimum Gasteiger partial charge on any atom is -0.466 e. The van der Waals surface area contributed by atoms with Crippen molar-refractivity contribution in [3.05, 3.63) is 11.4 Å². The number of hydrogen-bond donors (Lipinski definition) is 2. The van der Waals surface area contributed by atoms with E-state index in [1.165, 1.54) is 0 Å². The zero-order valence-corrected chi connectivity index (χ0v) is 12.7. The van der Waals surface area contributed by atoms with Crippen LogP contribution in [0.1, 0.15) is 38.1 Å². The molecule has 0 amide bonds. The molecule has 0 saturated carbocycles. The van der Waals surface area contributed by atoms with Crippen LogP contribution in [-0.2, 0) is 16.0 Å². The number of carbonyl (C=O) groups excluding carboxylic acids is 1. The summed E-state index contributed by atoms with van der Waals surface area (Å²) >= 11 is 0. The van der Waals surface area contributed by atoms with E-state index >= 15 is 0 Å².